The van der Waals surface area contributed by atoms with Crippen molar-refractivity contribution in [3.63, 3.8) is 0 Å². The average Bonchev–Trinajstić information content (AvgIpc) is 2.38. The molecule has 1 N–H and O–H groups in total. The van der Waals surface area contributed by atoms with E-state index < -0.39 is 0 Å². The van der Waals surface area contributed by atoms with Gasteiger partial charge in [0.15, 0.2) is 0 Å². The lowest BCUT2D eigenvalue weighted by Gasteiger charge is -2.52. The Kier molecular flexibility index (Phi) is 6.32. The van der Waals surface area contributed by atoms with E-state index in [0.717, 1.165) is 12.5 Å². The van der Waals surface area contributed by atoms with E-state index in [1.165, 1.54) is 45.2 Å². The second-order valence-electron chi connectivity index (χ2n) is 7.38. The molecule has 1 rings (SSSR count). The Morgan fingerprint density at radius 1 is 1.16 bits per heavy atom. The Morgan fingerprint density at radius 2 is 1.84 bits per heavy atom. The summed E-state index contributed by atoms with van der Waals surface area (Å²) in [6.45, 7) is 17.7. The van der Waals surface area contributed by atoms with Gasteiger partial charge in [-0.2, -0.15) is 0 Å². The molecule has 2 nitrogen and oxygen atoms in total. The molecule has 0 aromatic carbocycles. The second-order valence-corrected chi connectivity index (χ2v) is 7.38. The molecule has 1 saturated heterocycles. The lowest BCUT2D eigenvalue weighted by atomic mass is 9.86. The van der Waals surface area contributed by atoms with E-state index in [9.17, 15) is 0 Å². The third-order valence-corrected chi connectivity index (χ3v) is 5.08. The maximum absolute atomic E-state index is 3.72. The van der Waals surface area contributed by atoms with Gasteiger partial charge in [-0.1, -0.05) is 40.0 Å². The van der Waals surface area contributed by atoms with Gasteiger partial charge in [-0.15, -0.1) is 0 Å². The Bertz CT molecular complexity index is 262. The number of unbranched alkanes of at least 4 members (excludes halogenated alkanes) is 1. The SMILES string of the molecule is CCCCC(CC)CN1CC(C)(C)NCC1(C)CC. The fraction of sp³-hybridized carbons (Fsp3) is 1.00. The smallest absolute Gasteiger partial charge is 0.0304 e. The molecule has 114 valence electrons. The molecule has 1 aliphatic heterocycles. The molecule has 0 amide bonds. The van der Waals surface area contributed by atoms with Crippen LogP contribution in [0, 0.1) is 5.92 Å². The Morgan fingerprint density at radius 3 is 2.37 bits per heavy atom. The first-order chi connectivity index (χ1) is 8.87. The molecular formula is C17H36N2. The highest BCUT2D eigenvalue weighted by Gasteiger charge is 2.39. The fourth-order valence-corrected chi connectivity index (χ4v) is 3.13. The van der Waals surface area contributed by atoms with E-state index in [1.54, 1.807) is 0 Å². The first kappa shape index (κ1) is 17.0. The third-order valence-electron chi connectivity index (χ3n) is 5.08. The van der Waals surface area contributed by atoms with Gasteiger partial charge in [0.1, 0.15) is 0 Å². The summed E-state index contributed by atoms with van der Waals surface area (Å²) in [4.78, 5) is 2.77. The highest BCUT2D eigenvalue weighted by Crippen LogP contribution is 2.29. The van der Waals surface area contributed by atoms with Gasteiger partial charge in [0.2, 0.25) is 0 Å². The van der Waals surface area contributed by atoms with Crippen LogP contribution in [0.3, 0.4) is 0 Å². The van der Waals surface area contributed by atoms with E-state index >= 15 is 0 Å². The third kappa shape index (κ3) is 4.75. The van der Waals surface area contributed by atoms with Crippen LogP contribution in [0.25, 0.3) is 0 Å². The van der Waals surface area contributed by atoms with Crippen molar-refractivity contribution in [3.8, 4) is 0 Å². The summed E-state index contributed by atoms with van der Waals surface area (Å²) in [5, 5.41) is 3.72. The number of piperazine rings is 1. The lowest BCUT2D eigenvalue weighted by molar-refractivity contribution is 0.0104. The van der Waals surface area contributed by atoms with Crippen LogP contribution in [0.15, 0.2) is 0 Å². The minimum Gasteiger partial charge on any atom is -0.309 e. The predicted octanol–water partition coefficient (Wildman–Crippen LogP) is 4.06. The molecule has 0 bridgehead atoms. The maximum atomic E-state index is 3.72. The molecule has 2 unspecified atom stereocenters. The van der Waals surface area contributed by atoms with Crippen LogP contribution in [-0.4, -0.2) is 35.6 Å². The Hall–Kier alpha value is -0.0800. The van der Waals surface area contributed by atoms with Crippen LogP contribution in [0.5, 0.6) is 0 Å². The van der Waals surface area contributed by atoms with Crippen molar-refractivity contribution >= 4 is 0 Å². The standard InChI is InChI=1S/C17H36N2/c1-7-10-11-15(8-2)12-19-14-16(4,5)18-13-17(19,6)9-3/h15,18H,7-14H2,1-6H3. The van der Waals surface area contributed by atoms with Gasteiger partial charge in [-0.05, 0) is 39.5 Å². The van der Waals surface area contributed by atoms with Crippen molar-refractivity contribution < 1.29 is 0 Å². The zero-order valence-corrected chi connectivity index (χ0v) is 14.2. The zero-order valence-electron chi connectivity index (χ0n) is 14.2. The van der Waals surface area contributed by atoms with Gasteiger partial charge in [0, 0.05) is 30.7 Å². The van der Waals surface area contributed by atoms with Crippen LogP contribution >= 0.6 is 0 Å². The number of nitrogens with one attached hydrogen (secondary N) is 1. The summed E-state index contributed by atoms with van der Waals surface area (Å²) < 4.78 is 0. The molecule has 0 aromatic heterocycles. The van der Waals surface area contributed by atoms with Crippen LogP contribution in [0.2, 0.25) is 0 Å². The van der Waals surface area contributed by atoms with Gasteiger partial charge in [0.25, 0.3) is 0 Å². The van der Waals surface area contributed by atoms with Crippen molar-refractivity contribution in [2.24, 2.45) is 5.92 Å². The maximum Gasteiger partial charge on any atom is 0.0304 e. The molecule has 0 spiro atoms. The summed E-state index contributed by atoms with van der Waals surface area (Å²) in [6.07, 6.45) is 6.67. The Labute approximate surface area is 121 Å². The van der Waals surface area contributed by atoms with Crippen LogP contribution < -0.4 is 5.32 Å². The van der Waals surface area contributed by atoms with Crippen LogP contribution in [0.4, 0.5) is 0 Å². The number of nitrogens with zero attached hydrogens (tertiary/aromatic N) is 1. The first-order valence-electron chi connectivity index (χ1n) is 8.37. The summed E-state index contributed by atoms with van der Waals surface area (Å²) in [5.74, 6) is 0.875. The van der Waals surface area contributed by atoms with Crippen LogP contribution in [-0.2, 0) is 0 Å². The van der Waals surface area contributed by atoms with E-state index in [-0.39, 0.29) is 5.54 Å². The molecule has 0 saturated carbocycles. The van der Waals surface area contributed by atoms with Crippen LogP contribution in [0.1, 0.15) is 73.6 Å². The summed E-state index contributed by atoms with van der Waals surface area (Å²) in [7, 11) is 0. The molecule has 0 aromatic rings. The predicted molar refractivity (Wildman–Crippen MR) is 85.7 cm³/mol. The molecule has 2 atom stereocenters. The summed E-state index contributed by atoms with van der Waals surface area (Å²) >= 11 is 0. The van der Waals surface area contributed by atoms with Gasteiger partial charge < -0.3 is 5.32 Å². The molecule has 2 heteroatoms. The molecule has 19 heavy (non-hydrogen) atoms. The van der Waals surface area contributed by atoms with E-state index in [1.807, 2.05) is 0 Å². The molecular weight excluding hydrogens is 232 g/mol. The van der Waals surface area contributed by atoms with Gasteiger partial charge >= 0.3 is 0 Å². The highest BCUT2D eigenvalue weighted by atomic mass is 15.3. The lowest BCUT2D eigenvalue weighted by Crippen LogP contribution is -2.67. The van der Waals surface area contributed by atoms with Crippen molar-refractivity contribution in [2.45, 2.75) is 84.7 Å². The van der Waals surface area contributed by atoms with Crippen molar-refractivity contribution in [2.75, 3.05) is 19.6 Å². The van der Waals surface area contributed by atoms with Gasteiger partial charge in [-0.3, -0.25) is 4.90 Å². The Balaban J connectivity index is 2.68. The average molecular weight is 268 g/mol. The van der Waals surface area contributed by atoms with E-state index in [2.05, 4.69) is 51.8 Å². The highest BCUT2D eigenvalue weighted by molar-refractivity contribution is 4.99. The molecule has 1 heterocycles. The fourth-order valence-electron chi connectivity index (χ4n) is 3.13. The summed E-state index contributed by atoms with van der Waals surface area (Å²) in [5.41, 5.74) is 0.604. The molecule has 0 radical (unpaired) electrons. The normalized spacial score (nSPS) is 29.4. The largest absolute Gasteiger partial charge is 0.309 e. The quantitative estimate of drug-likeness (QED) is 0.749. The van der Waals surface area contributed by atoms with E-state index in [0.29, 0.717) is 5.54 Å². The van der Waals surface area contributed by atoms with Crippen molar-refractivity contribution in [1.82, 2.24) is 10.2 Å². The second kappa shape index (κ2) is 7.08. The summed E-state index contributed by atoms with van der Waals surface area (Å²) in [6, 6.07) is 0. The minimum absolute atomic E-state index is 0.262. The molecule has 0 aliphatic carbocycles. The van der Waals surface area contributed by atoms with Crippen molar-refractivity contribution in [1.29, 1.82) is 0 Å². The monoisotopic (exact) mass is 268 g/mol. The first-order valence-corrected chi connectivity index (χ1v) is 8.37. The van der Waals surface area contributed by atoms with Gasteiger partial charge in [-0.25, -0.2) is 0 Å². The van der Waals surface area contributed by atoms with Crippen molar-refractivity contribution in [3.05, 3.63) is 0 Å². The number of rotatable bonds is 7. The minimum atomic E-state index is 0.262. The molecule has 1 fully saturated rings. The zero-order chi connectivity index (χ0) is 14.5. The molecule has 1 aliphatic rings. The number of hydrogen-bond acceptors (Lipinski definition) is 2. The van der Waals surface area contributed by atoms with E-state index in [4.69, 9.17) is 0 Å². The van der Waals surface area contributed by atoms with Gasteiger partial charge in [0.05, 0.1) is 0 Å². The topological polar surface area (TPSA) is 15.3 Å². The number of hydrogen-bond donors (Lipinski definition) is 1.